The summed E-state index contributed by atoms with van der Waals surface area (Å²) in [5.74, 6) is 0. The molecule has 0 atom stereocenters. The van der Waals surface area contributed by atoms with Gasteiger partial charge in [0.2, 0.25) is 0 Å². The summed E-state index contributed by atoms with van der Waals surface area (Å²) in [5, 5.41) is 11.1. The van der Waals surface area contributed by atoms with Crippen molar-refractivity contribution in [3.63, 3.8) is 0 Å². The minimum absolute atomic E-state index is 0.0264. The molecule has 1 heterocycles. The molecule has 1 N–H and O–H groups in total. The van der Waals surface area contributed by atoms with E-state index in [2.05, 4.69) is 9.71 Å². The second-order valence-corrected chi connectivity index (χ2v) is 8.50. The number of thiazole rings is 1. The molecular formula is C15H17N3O4S2. The van der Waals surface area contributed by atoms with E-state index in [0.29, 0.717) is 10.7 Å². The van der Waals surface area contributed by atoms with Crippen LogP contribution in [0.4, 0.5) is 10.8 Å². The van der Waals surface area contributed by atoms with Gasteiger partial charge < -0.3 is 0 Å². The fraction of sp³-hybridized carbons (Fsp3) is 0.400. The number of nitrogens with zero attached hydrogens (tertiary/aromatic N) is 2. The van der Waals surface area contributed by atoms with Crippen molar-refractivity contribution in [2.75, 3.05) is 4.72 Å². The predicted molar refractivity (Wildman–Crippen MR) is 92.0 cm³/mol. The van der Waals surface area contributed by atoms with Gasteiger partial charge in [0.15, 0.2) is 5.13 Å². The maximum absolute atomic E-state index is 12.6. The number of aryl methyl sites for hydroxylation is 3. The third-order valence-corrected chi connectivity index (χ3v) is 6.68. The highest BCUT2D eigenvalue weighted by Gasteiger charge is 2.22. The summed E-state index contributed by atoms with van der Waals surface area (Å²) in [6.07, 6.45) is 5.16. The van der Waals surface area contributed by atoms with E-state index in [1.54, 1.807) is 6.92 Å². The van der Waals surface area contributed by atoms with E-state index in [1.807, 2.05) is 0 Å². The molecule has 2 aromatic rings. The molecule has 0 saturated heterocycles. The van der Waals surface area contributed by atoms with Crippen LogP contribution in [0.25, 0.3) is 0 Å². The Morgan fingerprint density at radius 3 is 2.71 bits per heavy atom. The molecule has 7 nitrogen and oxygen atoms in total. The van der Waals surface area contributed by atoms with Gasteiger partial charge in [-0.2, -0.15) is 0 Å². The SMILES string of the molecule is Cc1cc([N+](=O)[O-])ccc1S(=O)(=O)Nc1nc2c(s1)CCCCC2. The molecule has 0 aliphatic heterocycles. The van der Waals surface area contributed by atoms with E-state index in [9.17, 15) is 18.5 Å². The van der Waals surface area contributed by atoms with Crippen LogP contribution in [0.15, 0.2) is 23.1 Å². The first-order chi connectivity index (χ1) is 11.4. The van der Waals surface area contributed by atoms with Gasteiger partial charge in [-0.15, -0.1) is 11.3 Å². The summed E-state index contributed by atoms with van der Waals surface area (Å²) in [7, 11) is -3.82. The zero-order valence-electron chi connectivity index (χ0n) is 13.1. The molecule has 0 radical (unpaired) electrons. The Labute approximate surface area is 143 Å². The standard InChI is InChI=1S/C15H17N3O4S2/c1-10-9-11(18(19)20)7-8-14(10)24(21,22)17-15-16-12-5-3-2-4-6-13(12)23-15/h7-9H,2-6H2,1H3,(H,16,17). The van der Waals surface area contributed by atoms with Gasteiger partial charge in [0.05, 0.1) is 15.5 Å². The molecule has 24 heavy (non-hydrogen) atoms. The molecule has 0 fully saturated rings. The van der Waals surface area contributed by atoms with Crippen molar-refractivity contribution in [2.45, 2.75) is 43.9 Å². The van der Waals surface area contributed by atoms with Crippen LogP contribution in [-0.4, -0.2) is 18.3 Å². The monoisotopic (exact) mass is 367 g/mol. The molecular weight excluding hydrogens is 350 g/mol. The zero-order valence-corrected chi connectivity index (χ0v) is 14.7. The van der Waals surface area contributed by atoms with Crippen molar-refractivity contribution in [1.29, 1.82) is 0 Å². The molecule has 0 bridgehead atoms. The molecule has 0 saturated carbocycles. The first kappa shape index (κ1) is 16.8. The molecule has 1 aliphatic rings. The summed E-state index contributed by atoms with van der Waals surface area (Å²) in [6, 6.07) is 3.71. The van der Waals surface area contributed by atoms with Gasteiger partial charge in [0.25, 0.3) is 15.7 Å². The van der Waals surface area contributed by atoms with Crippen molar-refractivity contribution < 1.29 is 13.3 Å². The Kier molecular flexibility index (Phi) is 4.55. The van der Waals surface area contributed by atoms with Gasteiger partial charge in [-0.05, 0) is 44.2 Å². The number of hydrogen-bond donors (Lipinski definition) is 1. The molecule has 0 unspecified atom stereocenters. The quantitative estimate of drug-likeness (QED) is 0.507. The van der Waals surface area contributed by atoms with Crippen LogP contribution in [0, 0.1) is 17.0 Å². The lowest BCUT2D eigenvalue weighted by molar-refractivity contribution is -0.385. The number of nitrogens with one attached hydrogen (secondary N) is 1. The highest BCUT2D eigenvalue weighted by molar-refractivity contribution is 7.93. The minimum atomic E-state index is -3.82. The molecule has 3 rings (SSSR count). The Bertz CT molecular complexity index is 867. The first-order valence-electron chi connectivity index (χ1n) is 7.63. The number of nitro benzene ring substituents is 1. The lowest BCUT2D eigenvalue weighted by atomic mass is 10.2. The number of aromatic nitrogens is 1. The third kappa shape index (κ3) is 3.41. The summed E-state index contributed by atoms with van der Waals surface area (Å²) >= 11 is 1.37. The molecule has 0 amide bonds. The van der Waals surface area contributed by atoms with Gasteiger partial charge in [0, 0.05) is 17.0 Å². The van der Waals surface area contributed by atoms with Gasteiger partial charge in [-0.3, -0.25) is 14.8 Å². The van der Waals surface area contributed by atoms with Gasteiger partial charge >= 0.3 is 0 Å². The van der Waals surface area contributed by atoms with Crippen molar-refractivity contribution in [3.05, 3.63) is 44.4 Å². The van der Waals surface area contributed by atoms with Crippen LogP contribution in [0.2, 0.25) is 0 Å². The van der Waals surface area contributed by atoms with E-state index in [1.165, 1.54) is 36.0 Å². The largest absolute Gasteiger partial charge is 0.269 e. The second kappa shape index (κ2) is 6.48. The number of rotatable bonds is 4. The average Bonchev–Trinajstić information content (AvgIpc) is 2.74. The van der Waals surface area contributed by atoms with Crippen molar-refractivity contribution in [2.24, 2.45) is 0 Å². The fourth-order valence-corrected chi connectivity index (χ4v) is 5.30. The second-order valence-electron chi connectivity index (χ2n) is 5.76. The Balaban J connectivity index is 1.88. The molecule has 128 valence electrons. The highest BCUT2D eigenvalue weighted by atomic mass is 32.2. The van der Waals surface area contributed by atoms with Crippen molar-refractivity contribution in [3.8, 4) is 0 Å². The number of non-ortho nitro benzene ring substituents is 1. The smallest absolute Gasteiger partial charge is 0.258 e. The predicted octanol–water partition coefficient (Wildman–Crippen LogP) is 3.43. The normalized spacial score (nSPS) is 14.7. The Morgan fingerprint density at radius 2 is 2.00 bits per heavy atom. The summed E-state index contributed by atoms with van der Waals surface area (Å²) in [6.45, 7) is 1.54. The lowest BCUT2D eigenvalue weighted by Gasteiger charge is -2.08. The summed E-state index contributed by atoms with van der Waals surface area (Å²) in [5.41, 5.74) is 1.18. The van der Waals surface area contributed by atoms with Crippen LogP contribution in [0.1, 0.15) is 35.4 Å². The zero-order chi connectivity index (χ0) is 17.3. The topological polar surface area (TPSA) is 102 Å². The van der Waals surface area contributed by atoms with Gasteiger partial charge in [-0.25, -0.2) is 13.4 Å². The van der Waals surface area contributed by atoms with E-state index < -0.39 is 14.9 Å². The van der Waals surface area contributed by atoms with Crippen LogP contribution < -0.4 is 4.72 Å². The fourth-order valence-electron chi connectivity index (χ4n) is 2.79. The number of nitro groups is 1. The van der Waals surface area contributed by atoms with E-state index in [-0.39, 0.29) is 10.6 Å². The van der Waals surface area contributed by atoms with Crippen LogP contribution in [0.5, 0.6) is 0 Å². The van der Waals surface area contributed by atoms with Crippen molar-refractivity contribution >= 4 is 32.2 Å². The minimum Gasteiger partial charge on any atom is -0.258 e. The Hall–Kier alpha value is -2.00. The van der Waals surface area contributed by atoms with Crippen LogP contribution in [-0.2, 0) is 22.9 Å². The summed E-state index contributed by atoms with van der Waals surface area (Å²) in [4.78, 5) is 15.8. The van der Waals surface area contributed by atoms with E-state index in [4.69, 9.17) is 0 Å². The summed E-state index contributed by atoms with van der Waals surface area (Å²) < 4.78 is 27.7. The van der Waals surface area contributed by atoms with Gasteiger partial charge in [0.1, 0.15) is 0 Å². The molecule has 0 spiro atoms. The average molecular weight is 367 g/mol. The maximum Gasteiger partial charge on any atom is 0.269 e. The molecule has 9 heteroatoms. The maximum atomic E-state index is 12.6. The Morgan fingerprint density at radius 1 is 1.25 bits per heavy atom. The molecule has 1 aliphatic carbocycles. The highest BCUT2D eigenvalue weighted by Crippen LogP contribution is 2.31. The number of hydrogen-bond acceptors (Lipinski definition) is 6. The van der Waals surface area contributed by atoms with Gasteiger partial charge in [-0.1, -0.05) is 6.42 Å². The van der Waals surface area contributed by atoms with Crippen LogP contribution >= 0.6 is 11.3 Å². The van der Waals surface area contributed by atoms with Crippen molar-refractivity contribution in [1.82, 2.24) is 4.98 Å². The number of anilines is 1. The number of sulfonamides is 1. The molecule has 1 aromatic carbocycles. The first-order valence-corrected chi connectivity index (χ1v) is 9.93. The van der Waals surface area contributed by atoms with E-state index in [0.717, 1.165) is 36.3 Å². The number of benzene rings is 1. The lowest BCUT2D eigenvalue weighted by Crippen LogP contribution is -2.14. The van der Waals surface area contributed by atoms with E-state index >= 15 is 0 Å². The third-order valence-electron chi connectivity index (χ3n) is 3.98. The van der Waals surface area contributed by atoms with Crippen LogP contribution in [0.3, 0.4) is 0 Å². The molecule has 1 aromatic heterocycles. The number of fused-ring (bicyclic) bond motifs is 1.